The summed E-state index contributed by atoms with van der Waals surface area (Å²) in [7, 11) is 0. The Hall–Kier alpha value is -3.97. The Morgan fingerprint density at radius 3 is 2.33 bits per heavy atom. The van der Waals surface area contributed by atoms with E-state index in [-0.39, 0.29) is 11.3 Å². The van der Waals surface area contributed by atoms with E-state index in [2.05, 4.69) is 30.8 Å². The molecule has 10 nitrogen and oxygen atoms in total. The summed E-state index contributed by atoms with van der Waals surface area (Å²) in [5, 5.41) is 9.09. The molecule has 13 heteroatoms. The van der Waals surface area contributed by atoms with Crippen molar-refractivity contribution in [2.45, 2.75) is 13.1 Å². The molecule has 3 heterocycles. The van der Waals surface area contributed by atoms with Crippen molar-refractivity contribution in [2.75, 3.05) is 72.9 Å². The molecule has 0 saturated carbocycles. The van der Waals surface area contributed by atoms with E-state index in [1.807, 2.05) is 11.8 Å². The second-order valence-corrected chi connectivity index (χ2v) is 9.28. The molecule has 0 bridgehead atoms. The standard InChI is InChI=1S/C26H29F3N8O2/c1-17-5-6-18(22(38)31-20-4-2-3-19(16-20)26(27,28)29)15-21(17)32-23-33-24(36-9-7-30-8-10-36)35-25(34-23)37-11-13-39-14-12-37/h2-6,15-16,30H,7-14H2,1H3,(H,31,38)(H,32,33,34,35). The molecule has 0 spiro atoms. The number of aryl methyl sites for hydroxylation is 1. The molecule has 1 aromatic heterocycles. The monoisotopic (exact) mass is 542 g/mol. The lowest BCUT2D eigenvalue weighted by Crippen LogP contribution is -2.44. The van der Waals surface area contributed by atoms with Gasteiger partial charge in [-0.3, -0.25) is 4.79 Å². The molecule has 2 saturated heterocycles. The fourth-order valence-corrected chi connectivity index (χ4v) is 4.32. The SMILES string of the molecule is Cc1ccc(C(=O)Nc2cccc(C(F)(F)F)c2)cc1Nc1nc(N2CCNCC2)nc(N2CCOCC2)n1. The zero-order chi connectivity index (χ0) is 27.4. The predicted molar refractivity (Wildman–Crippen MR) is 142 cm³/mol. The molecule has 1 amide bonds. The number of aromatic nitrogens is 3. The van der Waals surface area contributed by atoms with Crippen LogP contribution in [0.15, 0.2) is 42.5 Å². The zero-order valence-electron chi connectivity index (χ0n) is 21.4. The highest BCUT2D eigenvalue weighted by Gasteiger charge is 2.30. The highest BCUT2D eigenvalue weighted by Crippen LogP contribution is 2.31. The quantitative estimate of drug-likeness (QED) is 0.432. The maximum Gasteiger partial charge on any atom is 0.416 e. The van der Waals surface area contributed by atoms with Crippen LogP contribution >= 0.6 is 0 Å². The number of rotatable bonds is 6. The van der Waals surface area contributed by atoms with E-state index in [9.17, 15) is 18.0 Å². The first-order valence-electron chi connectivity index (χ1n) is 12.7. The van der Waals surface area contributed by atoms with Gasteiger partial charge in [0, 0.05) is 56.2 Å². The number of carbonyl (C=O) groups is 1. The van der Waals surface area contributed by atoms with Crippen molar-refractivity contribution in [3.63, 3.8) is 0 Å². The van der Waals surface area contributed by atoms with E-state index in [0.29, 0.717) is 49.8 Å². The van der Waals surface area contributed by atoms with Crippen LogP contribution < -0.4 is 25.8 Å². The van der Waals surface area contributed by atoms with Gasteiger partial charge in [0.15, 0.2) is 0 Å². The molecule has 2 fully saturated rings. The second kappa shape index (κ2) is 11.4. The van der Waals surface area contributed by atoms with Crippen LogP contribution in [-0.4, -0.2) is 73.3 Å². The van der Waals surface area contributed by atoms with Gasteiger partial charge in [-0.1, -0.05) is 12.1 Å². The van der Waals surface area contributed by atoms with Crippen LogP contribution in [0, 0.1) is 6.92 Å². The Bertz CT molecular complexity index is 1290. The molecule has 0 radical (unpaired) electrons. The molecule has 2 aliphatic rings. The van der Waals surface area contributed by atoms with E-state index >= 15 is 0 Å². The third kappa shape index (κ3) is 6.55. The third-order valence-electron chi connectivity index (χ3n) is 6.50. The fraction of sp³-hybridized carbons (Fsp3) is 0.385. The first kappa shape index (κ1) is 26.6. The number of hydrogen-bond acceptors (Lipinski definition) is 9. The number of ether oxygens (including phenoxy) is 1. The first-order valence-corrected chi connectivity index (χ1v) is 12.7. The van der Waals surface area contributed by atoms with E-state index in [0.717, 1.165) is 43.9 Å². The molecule has 206 valence electrons. The van der Waals surface area contributed by atoms with E-state index in [1.54, 1.807) is 18.2 Å². The number of hydrogen-bond donors (Lipinski definition) is 3. The summed E-state index contributed by atoms with van der Waals surface area (Å²) in [6.45, 7) is 7.53. The molecule has 0 atom stereocenters. The molecule has 0 unspecified atom stereocenters. The van der Waals surface area contributed by atoms with Gasteiger partial charge in [-0.15, -0.1) is 0 Å². The van der Waals surface area contributed by atoms with Gasteiger partial charge >= 0.3 is 6.18 Å². The number of anilines is 5. The lowest BCUT2D eigenvalue weighted by molar-refractivity contribution is -0.137. The molecule has 39 heavy (non-hydrogen) atoms. The van der Waals surface area contributed by atoms with E-state index in [4.69, 9.17) is 9.72 Å². The molecule has 2 aliphatic heterocycles. The Morgan fingerprint density at radius 2 is 1.64 bits per heavy atom. The molecule has 0 aliphatic carbocycles. The average Bonchev–Trinajstić information content (AvgIpc) is 2.94. The molecule has 2 aromatic carbocycles. The van der Waals surface area contributed by atoms with Crippen molar-refractivity contribution in [3.8, 4) is 0 Å². The van der Waals surface area contributed by atoms with Gasteiger partial charge in [0.2, 0.25) is 17.8 Å². The summed E-state index contributed by atoms with van der Waals surface area (Å²) in [6, 6.07) is 9.52. The highest BCUT2D eigenvalue weighted by molar-refractivity contribution is 6.05. The van der Waals surface area contributed by atoms with Gasteiger partial charge in [-0.25, -0.2) is 0 Å². The van der Waals surface area contributed by atoms with Crippen LogP contribution in [0.4, 0.5) is 42.4 Å². The molecular weight excluding hydrogens is 513 g/mol. The second-order valence-electron chi connectivity index (χ2n) is 9.28. The van der Waals surface area contributed by atoms with Crippen LogP contribution in [0.2, 0.25) is 0 Å². The van der Waals surface area contributed by atoms with Gasteiger partial charge in [0.05, 0.1) is 18.8 Å². The number of nitrogens with one attached hydrogen (secondary N) is 3. The van der Waals surface area contributed by atoms with Crippen molar-refractivity contribution >= 4 is 35.1 Å². The molecule has 3 aromatic rings. The minimum atomic E-state index is -4.50. The summed E-state index contributed by atoms with van der Waals surface area (Å²) < 4.78 is 44.7. The minimum absolute atomic E-state index is 0.0539. The number of halogens is 3. The topological polar surface area (TPSA) is 108 Å². The van der Waals surface area contributed by atoms with Crippen LogP contribution in [0.5, 0.6) is 0 Å². The van der Waals surface area contributed by atoms with Gasteiger partial charge in [0.25, 0.3) is 5.91 Å². The number of morpholine rings is 1. The predicted octanol–water partition coefficient (Wildman–Crippen LogP) is 3.44. The van der Waals surface area contributed by atoms with Crippen molar-refractivity contribution in [1.82, 2.24) is 20.3 Å². The Labute approximate surface area is 223 Å². The summed E-state index contributed by atoms with van der Waals surface area (Å²) in [4.78, 5) is 31.1. The zero-order valence-corrected chi connectivity index (χ0v) is 21.4. The maximum absolute atomic E-state index is 13.1. The largest absolute Gasteiger partial charge is 0.416 e. The maximum atomic E-state index is 13.1. The van der Waals surface area contributed by atoms with Crippen molar-refractivity contribution in [2.24, 2.45) is 0 Å². The lowest BCUT2D eigenvalue weighted by atomic mass is 10.1. The summed E-state index contributed by atoms with van der Waals surface area (Å²) in [5.41, 5.74) is 0.918. The van der Waals surface area contributed by atoms with Crippen LogP contribution in [0.25, 0.3) is 0 Å². The average molecular weight is 543 g/mol. The Morgan fingerprint density at radius 1 is 0.949 bits per heavy atom. The van der Waals surface area contributed by atoms with Crippen molar-refractivity contribution in [1.29, 1.82) is 0 Å². The first-order chi connectivity index (χ1) is 18.8. The van der Waals surface area contributed by atoms with Crippen LogP contribution in [0.3, 0.4) is 0 Å². The van der Waals surface area contributed by atoms with Gasteiger partial charge in [-0.05, 0) is 42.8 Å². The number of piperazine rings is 1. The van der Waals surface area contributed by atoms with Gasteiger partial charge < -0.3 is 30.5 Å². The van der Waals surface area contributed by atoms with E-state index < -0.39 is 17.6 Å². The van der Waals surface area contributed by atoms with E-state index in [1.165, 1.54) is 12.1 Å². The summed E-state index contributed by atoms with van der Waals surface area (Å²) in [6.07, 6.45) is -4.50. The van der Waals surface area contributed by atoms with Crippen molar-refractivity contribution in [3.05, 3.63) is 59.2 Å². The smallest absolute Gasteiger partial charge is 0.378 e. The third-order valence-corrected chi connectivity index (χ3v) is 6.50. The minimum Gasteiger partial charge on any atom is -0.378 e. The molecular formula is C26H29F3N8O2. The Balaban J connectivity index is 1.39. The Kier molecular flexibility index (Phi) is 7.79. The van der Waals surface area contributed by atoms with Crippen molar-refractivity contribution < 1.29 is 22.7 Å². The number of benzene rings is 2. The highest BCUT2D eigenvalue weighted by atomic mass is 19.4. The number of alkyl halides is 3. The summed E-state index contributed by atoms with van der Waals surface area (Å²) in [5.74, 6) is 0.897. The van der Waals surface area contributed by atoms with Gasteiger partial charge in [-0.2, -0.15) is 28.1 Å². The number of nitrogens with zero attached hydrogens (tertiary/aromatic N) is 5. The number of amides is 1. The lowest BCUT2D eigenvalue weighted by Gasteiger charge is -2.30. The summed E-state index contributed by atoms with van der Waals surface area (Å²) >= 11 is 0. The van der Waals surface area contributed by atoms with Crippen LogP contribution in [-0.2, 0) is 10.9 Å². The van der Waals surface area contributed by atoms with Crippen LogP contribution in [0.1, 0.15) is 21.5 Å². The normalized spacial score (nSPS) is 16.2. The molecule has 3 N–H and O–H groups in total. The number of carbonyl (C=O) groups excluding carboxylic acids is 1. The fourth-order valence-electron chi connectivity index (χ4n) is 4.32. The molecule has 5 rings (SSSR count). The van der Waals surface area contributed by atoms with Gasteiger partial charge in [0.1, 0.15) is 0 Å².